The summed E-state index contributed by atoms with van der Waals surface area (Å²) in [6.07, 6.45) is -0.776. The van der Waals surface area contributed by atoms with Crippen LogP contribution in [0.3, 0.4) is 0 Å². The SMILES string of the molecule is CCCC(CC)Oc1cc2c(Nc3cc(-c4cccc(C(F)(F)F)c4F)ccc3OC)ncnc2cc1OC. The molecule has 0 radical (unpaired) electrons. The fourth-order valence-electron chi connectivity index (χ4n) is 4.34. The van der Waals surface area contributed by atoms with Crippen LogP contribution in [0.5, 0.6) is 17.2 Å². The summed E-state index contributed by atoms with van der Waals surface area (Å²) in [5.74, 6) is 0.504. The van der Waals surface area contributed by atoms with Crippen LogP contribution in [0.15, 0.2) is 54.9 Å². The summed E-state index contributed by atoms with van der Waals surface area (Å²) in [4.78, 5) is 8.73. The van der Waals surface area contributed by atoms with E-state index in [0.717, 1.165) is 19.3 Å². The molecular formula is C29H29F4N3O3. The van der Waals surface area contributed by atoms with E-state index in [1.165, 1.54) is 37.7 Å². The van der Waals surface area contributed by atoms with Crippen molar-refractivity contribution in [3.8, 4) is 28.4 Å². The first-order valence-corrected chi connectivity index (χ1v) is 12.5. The molecule has 0 aliphatic carbocycles. The van der Waals surface area contributed by atoms with E-state index >= 15 is 0 Å². The van der Waals surface area contributed by atoms with E-state index in [2.05, 4.69) is 29.1 Å². The number of nitrogens with one attached hydrogen (secondary N) is 1. The summed E-state index contributed by atoms with van der Waals surface area (Å²) in [6.45, 7) is 4.14. The normalized spacial score (nSPS) is 12.3. The van der Waals surface area contributed by atoms with Gasteiger partial charge in [0.05, 0.1) is 37.1 Å². The Kier molecular flexibility index (Phi) is 8.42. The molecule has 1 heterocycles. The summed E-state index contributed by atoms with van der Waals surface area (Å²) >= 11 is 0. The number of hydrogen-bond acceptors (Lipinski definition) is 6. The van der Waals surface area contributed by atoms with Crippen LogP contribution in [0.2, 0.25) is 0 Å². The molecule has 3 aromatic carbocycles. The Morgan fingerprint density at radius 3 is 2.36 bits per heavy atom. The van der Waals surface area contributed by atoms with Crippen LogP contribution < -0.4 is 19.5 Å². The molecule has 0 fully saturated rings. The molecule has 1 unspecified atom stereocenters. The lowest BCUT2D eigenvalue weighted by atomic mass is 10.0. The van der Waals surface area contributed by atoms with E-state index in [-0.39, 0.29) is 17.2 Å². The summed E-state index contributed by atoms with van der Waals surface area (Å²) in [7, 11) is 3.01. The number of methoxy groups -OCH3 is 2. The fraction of sp³-hybridized carbons (Fsp3) is 0.310. The minimum atomic E-state index is -4.82. The summed E-state index contributed by atoms with van der Waals surface area (Å²) in [6, 6.07) is 11.3. The lowest BCUT2D eigenvalue weighted by Crippen LogP contribution is -2.15. The van der Waals surface area contributed by atoms with Gasteiger partial charge in [-0.2, -0.15) is 13.2 Å². The second-order valence-corrected chi connectivity index (χ2v) is 8.88. The molecule has 0 saturated heterocycles. The predicted octanol–water partition coefficient (Wildman–Crippen LogP) is 8.17. The van der Waals surface area contributed by atoms with Crippen LogP contribution in [0.1, 0.15) is 38.7 Å². The highest BCUT2D eigenvalue weighted by Crippen LogP contribution is 2.40. The zero-order valence-corrected chi connectivity index (χ0v) is 22.0. The number of halogens is 4. The van der Waals surface area contributed by atoms with Crippen LogP contribution in [-0.2, 0) is 6.18 Å². The first-order chi connectivity index (χ1) is 18.7. The average molecular weight is 544 g/mol. The van der Waals surface area contributed by atoms with E-state index in [1.54, 1.807) is 25.3 Å². The average Bonchev–Trinajstić information content (AvgIpc) is 2.92. The van der Waals surface area contributed by atoms with Crippen molar-refractivity contribution in [1.29, 1.82) is 0 Å². The van der Waals surface area contributed by atoms with Crippen molar-refractivity contribution >= 4 is 22.4 Å². The Labute approximate surface area is 224 Å². The third-order valence-electron chi connectivity index (χ3n) is 6.35. The van der Waals surface area contributed by atoms with Gasteiger partial charge >= 0.3 is 6.18 Å². The van der Waals surface area contributed by atoms with Crippen LogP contribution in [0.25, 0.3) is 22.0 Å². The van der Waals surface area contributed by atoms with Crippen LogP contribution in [-0.4, -0.2) is 30.3 Å². The number of ether oxygens (including phenoxy) is 3. The van der Waals surface area contributed by atoms with Gasteiger partial charge in [-0.25, -0.2) is 14.4 Å². The molecule has 39 heavy (non-hydrogen) atoms. The van der Waals surface area contributed by atoms with Crippen molar-refractivity contribution in [3.63, 3.8) is 0 Å². The van der Waals surface area contributed by atoms with Gasteiger partial charge in [-0.1, -0.05) is 38.5 Å². The van der Waals surface area contributed by atoms with Crippen LogP contribution >= 0.6 is 0 Å². The van der Waals surface area contributed by atoms with E-state index in [9.17, 15) is 17.6 Å². The van der Waals surface area contributed by atoms with Gasteiger partial charge < -0.3 is 19.5 Å². The Bertz CT molecular complexity index is 1460. The Hall–Kier alpha value is -4.08. The molecule has 0 aliphatic heterocycles. The minimum absolute atomic E-state index is 0.00141. The molecule has 10 heteroatoms. The second-order valence-electron chi connectivity index (χ2n) is 8.88. The van der Waals surface area contributed by atoms with Gasteiger partial charge in [-0.15, -0.1) is 0 Å². The van der Waals surface area contributed by atoms with Gasteiger partial charge in [-0.3, -0.25) is 0 Å². The summed E-state index contributed by atoms with van der Waals surface area (Å²) < 4.78 is 72.0. The molecule has 1 N–H and O–H groups in total. The molecule has 0 spiro atoms. The predicted molar refractivity (Wildman–Crippen MR) is 142 cm³/mol. The molecule has 1 aromatic heterocycles. The third kappa shape index (κ3) is 6.00. The molecule has 4 rings (SSSR count). The van der Waals surface area contributed by atoms with Gasteiger partial charge in [0.25, 0.3) is 0 Å². The van der Waals surface area contributed by atoms with Crippen molar-refractivity contribution in [1.82, 2.24) is 9.97 Å². The number of rotatable bonds is 10. The smallest absolute Gasteiger partial charge is 0.419 e. The van der Waals surface area contributed by atoms with Crippen molar-refractivity contribution in [2.45, 2.75) is 45.4 Å². The largest absolute Gasteiger partial charge is 0.495 e. The number of aromatic nitrogens is 2. The highest BCUT2D eigenvalue weighted by atomic mass is 19.4. The van der Waals surface area contributed by atoms with Gasteiger partial charge in [0.2, 0.25) is 0 Å². The zero-order valence-electron chi connectivity index (χ0n) is 22.0. The minimum Gasteiger partial charge on any atom is -0.495 e. The number of hydrogen-bond donors (Lipinski definition) is 1. The molecule has 1 atom stereocenters. The molecule has 206 valence electrons. The van der Waals surface area contributed by atoms with E-state index in [4.69, 9.17) is 14.2 Å². The number of fused-ring (bicyclic) bond motifs is 1. The summed E-state index contributed by atoms with van der Waals surface area (Å²) in [5.41, 5.74) is -0.329. The first-order valence-electron chi connectivity index (χ1n) is 12.5. The highest BCUT2D eigenvalue weighted by Gasteiger charge is 2.35. The Morgan fingerprint density at radius 1 is 0.923 bits per heavy atom. The van der Waals surface area contributed by atoms with Gasteiger partial charge in [-0.05, 0) is 42.7 Å². The lowest BCUT2D eigenvalue weighted by molar-refractivity contribution is -0.139. The molecule has 0 aliphatic rings. The maximum Gasteiger partial charge on any atom is 0.419 e. The summed E-state index contributed by atoms with van der Waals surface area (Å²) in [5, 5.41) is 3.80. The topological polar surface area (TPSA) is 65.5 Å². The number of anilines is 2. The zero-order chi connectivity index (χ0) is 28.2. The molecule has 6 nitrogen and oxygen atoms in total. The van der Waals surface area contributed by atoms with E-state index in [1.807, 2.05) is 0 Å². The molecule has 0 amide bonds. The number of benzene rings is 3. The monoisotopic (exact) mass is 543 g/mol. The molecular weight excluding hydrogens is 514 g/mol. The van der Waals surface area contributed by atoms with Gasteiger partial charge in [0, 0.05) is 17.0 Å². The standard InChI is InChI=1S/C29H29F4N3O3/c1-5-8-18(6-2)39-26-14-20-22(15-25(26)38-4)34-16-35-28(20)36-23-13-17(11-12-24(23)37-3)19-9-7-10-21(27(19)30)29(31,32)33/h7,9-16,18H,5-6,8H2,1-4H3,(H,34,35,36). The Balaban J connectivity index is 1.78. The van der Waals surface area contributed by atoms with Crippen molar-refractivity contribution in [2.75, 3.05) is 19.5 Å². The van der Waals surface area contributed by atoms with Gasteiger partial charge in [0.15, 0.2) is 11.5 Å². The van der Waals surface area contributed by atoms with Crippen LogP contribution in [0.4, 0.5) is 29.1 Å². The van der Waals surface area contributed by atoms with Gasteiger partial charge in [0.1, 0.15) is 23.7 Å². The van der Waals surface area contributed by atoms with E-state index < -0.39 is 17.6 Å². The Morgan fingerprint density at radius 2 is 1.69 bits per heavy atom. The van der Waals surface area contributed by atoms with E-state index in [0.29, 0.717) is 45.7 Å². The number of alkyl halides is 3. The van der Waals surface area contributed by atoms with Crippen molar-refractivity contribution < 1.29 is 31.8 Å². The fourth-order valence-corrected chi connectivity index (χ4v) is 4.34. The van der Waals surface area contributed by atoms with Crippen molar-refractivity contribution in [2.24, 2.45) is 0 Å². The molecule has 4 aromatic rings. The highest BCUT2D eigenvalue weighted by molar-refractivity contribution is 5.93. The number of nitrogens with zero attached hydrogens (tertiary/aromatic N) is 2. The van der Waals surface area contributed by atoms with Crippen molar-refractivity contribution in [3.05, 3.63) is 66.2 Å². The maximum atomic E-state index is 14.9. The lowest BCUT2D eigenvalue weighted by Gasteiger charge is -2.20. The quantitative estimate of drug-likeness (QED) is 0.204. The first kappa shape index (κ1) is 27.9. The second kappa shape index (κ2) is 11.8. The van der Waals surface area contributed by atoms with Crippen LogP contribution in [0, 0.1) is 5.82 Å². The molecule has 0 saturated carbocycles. The third-order valence-corrected chi connectivity index (χ3v) is 6.35. The molecule has 0 bridgehead atoms. The maximum absolute atomic E-state index is 14.9.